The lowest BCUT2D eigenvalue weighted by atomic mass is 10.2. The molecule has 2 N–H and O–H groups in total. The summed E-state index contributed by atoms with van der Waals surface area (Å²) in [6.07, 6.45) is 5.90. The molecule has 9 nitrogen and oxygen atoms in total. The van der Waals surface area contributed by atoms with Crippen molar-refractivity contribution in [2.45, 2.75) is 12.8 Å². The molecule has 6 rings (SSSR count). The Bertz CT molecular complexity index is 1380. The van der Waals surface area contributed by atoms with Crippen LogP contribution in [0.15, 0.2) is 54.9 Å². The van der Waals surface area contributed by atoms with Crippen LogP contribution >= 0.6 is 0 Å². The van der Waals surface area contributed by atoms with Gasteiger partial charge in [-0.2, -0.15) is 4.98 Å². The highest BCUT2D eigenvalue weighted by Gasteiger charge is 2.20. The highest BCUT2D eigenvalue weighted by Crippen LogP contribution is 2.31. The molecule has 2 aliphatic heterocycles. The van der Waals surface area contributed by atoms with E-state index in [-0.39, 0.29) is 5.82 Å². The zero-order chi connectivity index (χ0) is 25.2. The first-order chi connectivity index (χ1) is 18.1. The monoisotopic (exact) mass is 499 g/mol. The smallest absolute Gasteiger partial charge is 0.229 e. The second-order valence-corrected chi connectivity index (χ2v) is 9.60. The van der Waals surface area contributed by atoms with Crippen LogP contribution in [0.4, 0.5) is 39.2 Å². The minimum atomic E-state index is -0.312. The first-order valence-electron chi connectivity index (χ1n) is 12.7. The van der Waals surface area contributed by atoms with Crippen molar-refractivity contribution in [1.29, 1.82) is 0 Å². The highest BCUT2D eigenvalue weighted by molar-refractivity contribution is 5.92. The van der Waals surface area contributed by atoms with Crippen molar-refractivity contribution in [3.05, 3.63) is 60.7 Å². The minimum Gasteiger partial charge on any atom is -0.368 e. The molecule has 10 heteroatoms. The molecule has 37 heavy (non-hydrogen) atoms. The Morgan fingerprint density at radius 2 is 1.59 bits per heavy atom. The van der Waals surface area contributed by atoms with Crippen LogP contribution < -0.4 is 20.4 Å². The van der Waals surface area contributed by atoms with E-state index in [1.165, 1.54) is 12.1 Å². The van der Waals surface area contributed by atoms with Crippen LogP contribution in [0.1, 0.15) is 12.8 Å². The number of rotatable bonds is 6. The maximum absolute atomic E-state index is 13.7. The maximum atomic E-state index is 13.7. The number of likely N-dealkylation sites (N-methyl/N-ethyl adjacent to an activating group) is 1. The van der Waals surface area contributed by atoms with Crippen LogP contribution in [-0.2, 0) is 0 Å². The standard InChI is InChI=1S/C27H30FN9/c1-35-11-13-36(14-12-35)21-7-8-24(29-17-21)33-25-16-22-23(18-30-25)32-27(31-20-6-4-5-19(28)15-20)34-26(22)37-9-2-3-10-37/h4-8,15-18H,2-3,9-14H2,1H3,(H,29,30,33)(H,31,32,34). The van der Waals surface area contributed by atoms with Crippen LogP contribution in [0.5, 0.6) is 0 Å². The van der Waals surface area contributed by atoms with E-state index in [0.29, 0.717) is 17.5 Å². The number of benzene rings is 1. The summed E-state index contributed by atoms with van der Waals surface area (Å²) in [7, 11) is 2.15. The van der Waals surface area contributed by atoms with Crippen LogP contribution in [0, 0.1) is 5.82 Å². The van der Waals surface area contributed by atoms with Gasteiger partial charge in [-0.25, -0.2) is 19.3 Å². The van der Waals surface area contributed by atoms with E-state index in [1.807, 2.05) is 18.3 Å². The van der Waals surface area contributed by atoms with E-state index in [1.54, 1.807) is 18.3 Å². The molecule has 2 fully saturated rings. The lowest BCUT2D eigenvalue weighted by Gasteiger charge is -2.33. The topological polar surface area (TPSA) is 85.3 Å². The number of fused-ring (bicyclic) bond motifs is 1. The van der Waals surface area contributed by atoms with Crippen molar-refractivity contribution in [2.75, 3.05) is 66.7 Å². The average Bonchev–Trinajstić information content (AvgIpc) is 3.44. The van der Waals surface area contributed by atoms with Gasteiger partial charge in [0.15, 0.2) is 0 Å². The van der Waals surface area contributed by atoms with Gasteiger partial charge in [0, 0.05) is 50.3 Å². The maximum Gasteiger partial charge on any atom is 0.229 e. The third kappa shape index (κ3) is 5.24. The molecule has 0 saturated carbocycles. The summed E-state index contributed by atoms with van der Waals surface area (Å²) < 4.78 is 13.7. The summed E-state index contributed by atoms with van der Waals surface area (Å²) >= 11 is 0. The van der Waals surface area contributed by atoms with Crippen LogP contribution in [0.2, 0.25) is 0 Å². The van der Waals surface area contributed by atoms with E-state index >= 15 is 0 Å². The van der Waals surface area contributed by atoms with E-state index in [2.05, 4.69) is 53.4 Å². The Kier molecular flexibility index (Phi) is 6.40. The first-order valence-corrected chi connectivity index (χ1v) is 12.7. The van der Waals surface area contributed by atoms with Gasteiger partial charge in [0.2, 0.25) is 5.95 Å². The van der Waals surface area contributed by atoms with Gasteiger partial charge in [0.05, 0.1) is 23.6 Å². The Balaban J connectivity index is 1.26. The zero-order valence-electron chi connectivity index (χ0n) is 20.9. The molecule has 0 radical (unpaired) electrons. The SMILES string of the molecule is CN1CCN(c2ccc(Nc3cc4c(N5CCCC5)nc(Nc5cccc(F)c5)nc4cn3)nc2)CC1. The second-order valence-electron chi connectivity index (χ2n) is 9.60. The fourth-order valence-corrected chi connectivity index (χ4v) is 4.85. The number of aromatic nitrogens is 4. The Labute approximate surface area is 215 Å². The summed E-state index contributed by atoms with van der Waals surface area (Å²) in [5.74, 6) is 2.38. The fourth-order valence-electron chi connectivity index (χ4n) is 4.85. The van der Waals surface area contributed by atoms with Crippen LogP contribution in [0.3, 0.4) is 0 Å². The molecule has 0 aliphatic carbocycles. The van der Waals surface area contributed by atoms with E-state index < -0.39 is 0 Å². The molecular weight excluding hydrogens is 469 g/mol. The summed E-state index contributed by atoms with van der Waals surface area (Å²) in [6, 6.07) is 12.4. The molecule has 1 aromatic carbocycles. The molecule has 2 aliphatic rings. The summed E-state index contributed by atoms with van der Waals surface area (Å²) in [5, 5.41) is 7.39. The van der Waals surface area contributed by atoms with Gasteiger partial charge < -0.3 is 25.3 Å². The lowest BCUT2D eigenvalue weighted by Crippen LogP contribution is -2.44. The number of halogens is 1. The third-order valence-electron chi connectivity index (χ3n) is 6.92. The third-order valence-corrected chi connectivity index (χ3v) is 6.92. The van der Waals surface area contributed by atoms with Gasteiger partial charge in [-0.3, -0.25) is 0 Å². The molecule has 2 saturated heterocycles. The largest absolute Gasteiger partial charge is 0.368 e. The van der Waals surface area contributed by atoms with Gasteiger partial charge in [0.25, 0.3) is 0 Å². The molecular formula is C27H30FN9. The van der Waals surface area contributed by atoms with Crippen molar-refractivity contribution in [1.82, 2.24) is 24.8 Å². The van der Waals surface area contributed by atoms with Gasteiger partial charge in [-0.15, -0.1) is 0 Å². The first kappa shape index (κ1) is 23.4. The van der Waals surface area contributed by atoms with E-state index in [4.69, 9.17) is 4.98 Å². The number of anilines is 6. The Morgan fingerprint density at radius 3 is 2.35 bits per heavy atom. The zero-order valence-corrected chi connectivity index (χ0v) is 20.9. The second kappa shape index (κ2) is 10.1. The summed E-state index contributed by atoms with van der Waals surface area (Å²) in [5.41, 5.74) is 2.46. The number of pyridine rings is 2. The van der Waals surface area contributed by atoms with Crippen molar-refractivity contribution < 1.29 is 4.39 Å². The number of piperazine rings is 1. The van der Waals surface area contributed by atoms with Crippen molar-refractivity contribution in [2.24, 2.45) is 0 Å². The predicted octanol–water partition coefficient (Wildman–Crippen LogP) is 4.40. The van der Waals surface area contributed by atoms with Crippen molar-refractivity contribution in [3.8, 4) is 0 Å². The molecule has 3 aromatic heterocycles. The van der Waals surface area contributed by atoms with Crippen molar-refractivity contribution in [3.63, 3.8) is 0 Å². The van der Waals surface area contributed by atoms with Gasteiger partial charge in [-0.1, -0.05) is 6.07 Å². The van der Waals surface area contributed by atoms with Gasteiger partial charge in [-0.05, 0) is 56.3 Å². The van der Waals surface area contributed by atoms with Crippen molar-refractivity contribution >= 4 is 45.7 Å². The molecule has 0 amide bonds. The predicted molar refractivity (Wildman–Crippen MR) is 146 cm³/mol. The number of hydrogen-bond acceptors (Lipinski definition) is 9. The average molecular weight is 500 g/mol. The molecule has 0 unspecified atom stereocenters. The number of nitrogens with one attached hydrogen (secondary N) is 2. The highest BCUT2D eigenvalue weighted by atomic mass is 19.1. The van der Waals surface area contributed by atoms with Gasteiger partial charge in [0.1, 0.15) is 23.3 Å². The molecule has 0 spiro atoms. The number of nitrogens with zero attached hydrogens (tertiary/aromatic N) is 7. The quantitative estimate of drug-likeness (QED) is 0.401. The van der Waals surface area contributed by atoms with E-state index in [0.717, 1.165) is 80.3 Å². The molecule has 190 valence electrons. The summed E-state index contributed by atoms with van der Waals surface area (Å²) in [4.78, 5) is 25.7. The molecule has 0 bridgehead atoms. The normalized spacial score (nSPS) is 16.4. The van der Waals surface area contributed by atoms with Crippen LogP contribution in [-0.4, -0.2) is 71.2 Å². The molecule has 4 aromatic rings. The Morgan fingerprint density at radius 1 is 0.784 bits per heavy atom. The van der Waals surface area contributed by atoms with E-state index in [9.17, 15) is 4.39 Å². The Hall–Kier alpha value is -4.05. The number of hydrogen-bond donors (Lipinski definition) is 2. The fraction of sp³-hybridized carbons (Fsp3) is 0.333. The molecule has 0 atom stereocenters. The van der Waals surface area contributed by atoms with Gasteiger partial charge >= 0.3 is 0 Å². The molecule has 5 heterocycles. The van der Waals surface area contributed by atoms with Crippen LogP contribution in [0.25, 0.3) is 10.9 Å². The minimum absolute atomic E-state index is 0.312. The lowest BCUT2D eigenvalue weighted by molar-refractivity contribution is 0.313. The summed E-state index contributed by atoms with van der Waals surface area (Å²) in [6.45, 7) is 6.00.